The normalized spacial score (nSPS) is 19.6. The van der Waals surface area contributed by atoms with E-state index in [-0.39, 0.29) is 23.0 Å². The maximum absolute atomic E-state index is 13.0. The van der Waals surface area contributed by atoms with Crippen LogP contribution < -0.4 is 5.43 Å². The number of halogens is 3. The van der Waals surface area contributed by atoms with Gasteiger partial charge < -0.3 is 0 Å². The number of carbonyl (C=O) groups is 1. The van der Waals surface area contributed by atoms with Gasteiger partial charge in [-0.25, -0.2) is 0 Å². The van der Waals surface area contributed by atoms with Crippen molar-refractivity contribution in [2.75, 3.05) is 0 Å². The van der Waals surface area contributed by atoms with Crippen LogP contribution >= 0.6 is 46.1 Å². The minimum absolute atomic E-state index is 0.0832. The summed E-state index contributed by atoms with van der Waals surface area (Å²) in [5.41, 5.74) is 0.964. The van der Waals surface area contributed by atoms with Gasteiger partial charge in [0.1, 0.15) is 0 Å². The van der Waals surface area contributed by atoms with E-state index in [1.165, 1.54) is 11.3 Å². The monoisotopic (exact) mass is 422 g/mol. The highest BCUT2D eigenvalue weighted by molar-refractivity contribution is 7.18. The molecule has 0 spiro atoms. The summed E-state index contributed by atoms with van der Waals surface area (Å²) >= 11 is 19.9. The first-order chi connectivity index (χ1) is 12.4. The van der Waals surface area contributed by atoms with Crippen LogP contribution in [0.2, 0.25) is 15.1 Å². The molecule has 132 valence electrons. The number of fused-ring (bicyclic) bond motifs is 2. The Balaban J connectivity index is 1.90. The lowest BCUT2D eigenvalue weighted by molar-refractivity contribution is 0.0898. The van der Waals surface area contributed by atoms with Gasteiger partial charge in [0.25, 0.3) is 0 Å². The quantitative estimate of drug-likeness (QED) is 0.455. The minimum Gasteiger partial charge on any atom is -0.294 e. The van der Waals surface area contributed by atoms with Crippen LogP contribution in [0.15, 0.2) is 41.2 Å². The van der Waals surface area contributed by atoms with Crippen molar-refractivity contribution in [3.05, 3.63) is 77.7 Å². The molecule has 3 aromatic rings. The van der Waals surface area contributed by atoms with Crippen molar-refractivity contribution in [2.24, 2.45) is 5.92 Å². The second-order valence-electron chi connectivity index (χ2n) is 6.50. The molecule has 0 fully saturated rings. The molecule has 1 aliphatic carbocycles. The largest absolute Gasteiger partial charge is 0.294 e. The molecule has 2 unspecified atom stereocenters. The summed E-state index contributed by atoms with van der Waals surface area (Å²) in [5, 5.41) is 2.10. The van der Waals surface area contributed by atoms with Crippen LogP contribution in [0.25, 0.3) is 10.1 Å². The third kappa shape index (κ3) is 2.87. The summed E-state index contributed by atoms with van der Waals surface area (Å²) < 4.78 is 0.835. The number of carbonyl (C=O) groups excluding carboxylic acids is 1. The van der Waals surface area contributed by atoms with Gasteiger partial charge >= 0.3 is 0 Å². The lowest BCUT2D eigenvalue weighted by atomic mass is 9.75. The molecule has 0 radical (unpaired) electrons. The Hall–Kier alpha value is -1.39. The molecule has 2 nitrogen and oxygen atoms in total. The lowest BCUT2D eigenvalue weighted by Gasteiger charge is -2.30. The van der Waals surface area contributed by atoms with Crippen molar-refractivity contribution in [1.82, 2.24) is 0 Å². The van der Waals surface area contributed by atoms with E-state index in [1.54, 1.807) is 24.3 Å². The Morgan fingerprint density at radius 3 is 2.42 bits per heavy atom. The standard InChI is InChI=1S/C20H13Cl3O2S/c1-9-13(12-4-2-11(22)7-15(12)23)8-17-18(19(9)24)20(25)14-6-10(21)3-5-16(14)26-17/h2-7,9,13H,8H2,1H3. The van der Waals surface area contributed by atoms with Gasteiger partial charge in [0.05, 0.1) is 5.56 Å². The Kier molecular flexibility index (Phi) is 4.60. The van der Waals surface area contributed by atoms with E-state index in [9.17, 15) is 9.59 Å². The average Bonchev–Trinajstić information content (AvgIpc) is 2.59. The molecule has 1 aromatic heterocycles. The van der Waals surface area contributed by atoms with Crippen LogP contribution in [0.5, 0.6) is 0 Å². The zero-order valence-corrected chi connectivity index (χ0v) is 16.8. The molecule has 26 heavy (non-hydrogen) atoms. The van der Waals surface area contributed by atoms with Gasteiger partial charge in [-0.05, 0) is 48.2 Å². The molecule has 6 heteroatoms. The van der Waals surface area contributed by atoms with Crippen LogP contribution in [-0.2, 0) is 6.42 Å². The van der Waals surface area contributed by atoms with Crippen LogP contribution in [-0.4, -0.2) is 5.78 Å². The third-order valence-electron chi connectivity index (χ3n) is 4.96. The molecule has 0 saturated carbocycles. The molecule has 0 saturated heterocycles. The van der Waals surface area contributed by atoms with Crippen LogP contribution in [0.3, 0.4) is 0 Å². The highest BCUT2D eigenvalue weighted by atomic mass is 35.5. The SMILES string of the molecule is CC1C(=O)c2c(sc3ccc(Cl)cc3c2=O)CC1c1ccc(Cl)cc1Cl. The Bertz CT molecular complexity index is 1120. The van der Waals surface area contributed by atoms with E-state index in [2.05, 4.69) is 0 Å². The second kappa shape index (κ2) is 6.65. The number of hydrogen-bond donors (Lipinski definition) is 0. The van der Waals surface area contributed by atoms with Crippen LogP contribution in [0.4, 0.5) is 0 Å². The van der Waals surface area contributed by atoms with Gasteiger partial charge in [-0.1, -0.05) is 47.8 Å². The van der Waals surface area contributed by atoms with Crippen molar-refractivity contribution in [3.63, 3.8) is 0 Å². The molecular weight excluding hydrogens is 411 g/mol. The van der Waals surface area contributed by atoms with Gasteiger partial charge in [0.2, 0.25) is 0 Å². The van der Waals surface area contributed by atoms with E-state index in [0.29, 0.717) is 32.4 Å². The zero-order chi connectivity index (χ0) is 18.6. The predicted octanol–water partition coefficient (Wildman–Crippen LogP) is 6.38. The van der Waals surface area contributed by atoms with Crippen molar-refractivity contribution in [1.29, 1.82) is 0 Å². The van der Waals surface area contributed by atoms with Gasteiger partial charge in [-0.2, -0.15) is 0 Å². The number of Topliss-reactive ketones (excluding diaryl/α,β-unsaturated/α-hetero) is 1. The van der Waals surface area contributed by atoms with E-state index < -0.39 is 0 Å². The summed E-state index contributed by atoms with van der Waals surface area (Å²) in [4.78, 5) is 26.8. The molecule has 1 aliphatic rings. The van der Waals surface area contributed by atoms with Gasteiger partial charge in [0, 0.05) is 35.9 Å². The predicted molar refractivity (Wildman–Crippen MR) is 110 cm³/mol. The fraction of sp³-hybridized carbons (Fsp3) is 0.200. The smallest absolute Gasteiger partial charge is 0.199 e. The van der Waals surface area contributed by atoms with Crippen molar-refractivity contribution in [3.8, 4) is 0 Å². The molecule has 2 aromatic carbocycles. The average molecular weight is 424 g/mol. The fourth-order valence-corrected chi connectivity index (χ4v) is 5.52. The highest BCUT2D eigenvalue weighted by Gasteiger charge is 2.37. The first-order valence-corrected chi connectivity index (χ1v) is 10.1. The summed E-state index contributed by atoms with van der Waals surface area (Å²) in [6.07, 6.45) is 0.599. The van der Waals surface area contributed by atoms with E-state index in [0.717, 1.165) is 15.1 Å². The minimum atomic E-state index is -0.335. The van der Waals surface area contributed by atoms with Crippen LogP contribution in [0.1, 0.15) is 33.6 Å². The van der Waals surface area contributed by atoms with E-state index >= 15 is 0 Å². The number of ketones is 1. The van der Waals surface area contributed by atoms with Crippen molar-refractivity contribution < 1.29 is 4.79 Å². The van der Waals surface area contributed by atoms with Gasteiger partial charge in [0.15, 0.2) is 11.2 Å². The molecule has 0 amide bonds. The van der Waals surface area contributed by atoms with E-state index in [4.69, 9.17) is 34.8 Å². The lowest BCUT2D eigenvalue weighted by Crippen LogP contribution is -2.32. The number of benzene rings is 2. The molecule has 2 atom stereocenters. The Morgan fingerprint density at radius 1 is 1.00 bits per heavy atom. The summed E-state index contributed by atoms with van der Waals surface area (Å²) in [6.45, 7) is 1.85. The van der Waals surface area contributed by atoms with Crippen molar-refractivity contribution in [2.45, 2.75) is 19.3 Å². The topological polar surface area (TPSA) is 34.1 Å². The van der Waals surface area contributed by atoms with Gasteiger partial charge in [-0.15, -0.1) is 11.3 Å². The number of rotatable bonds is 1. The summed E-state index contributed by atoms with van der Waals surface area (Å²) in [5.74, 6) is -0.553. The molecule has 0 aliphatic heterocycles. The number of hydrogen-bond acceptors (Lipinski definition) is 3. The molecule has 0 bridgehead atoms. The Labute approximate surface area is 169 Å². The highest BCUT2D eigenvalue weighted by Crippen LogP contribution is 2.41. The first-order valence-electron chi connectivity index (χ1n) is 8.11. The van der Waals surface area contributed by atoms with E-state index in [1.807, 2.05) is 19.1 Å². The van der Waals surface area contributed by atoms with Crippen LogP contribution in [0, 0.1) is 5.92 Å². The molecule has 4 rings (SSSR count). The van der Waals surface area contributed by atoms with Gasteiger partial charge in [-0.3, -0.25) is 9.59 Å². The molecular formula is C20H13Cl3O2S. The maximum atomic E-state index is 13.0. The maximum Gasteiger partial charge on any atom is 0.199 e. The fourth-order valence-electron chi connectivity index (χ4n) is 3.58. The molecule has 0 N–H and O–H groups in total. The summed E-state index contributed by atoms with van der Waals surface area (Å²) in [7, 11) is 0. The summed E-state index contributed by atoms with van der Waals surface area (Å²) in [6, 6.07) is 10.6. The third-order valence-corrected chi connectivity index (χ3v) is 6.95. The second-order valence-corrected chi connectivity index (χ2v) is 8.92. The first kappa shape index (κ1) is 18.0. The zero-order valence-electron chi connectivity index (χ0n) is 13.7. The van der Waals surface area contributed by atoms with Crippen molar-refractivity contribution >= 4 is 62.0 Å². The molecule has 1 heterocycles. The Morgan fingerprint density at radius 2 is 1.69 bits per heavy atom.